The molecule has 3 aromatic carbocycles. The third kappa shape index (κ3) is 6.67. The molecule has 31 heavy (non-hydrogen) atoms. The average Bonchev–Trinajstić information content (AvgIpc) is 2.78. The number of hydrogen-bond donors (Lipinski definition) is 2. The Balaban J connectivity index is 1.49. The van der Waals surface area contributed by atoms with Crippen molar-refractivity contribution in [2.24, 2.45) is 5.10 Å². The van der Waals surface area contributed by atoms with E-state index in [0.717, 1.165) is 16.7 Å². The number of nitrogens with zero attached hydrogens (tertiary/aromatic N) is 1. The van der Waals surface area contributed by atoms with Crippen molar-refractivity contribution in [2.75, 3.05) is 5.32 Å². The quantitative estimate of drug-likeness (QED) is 0.344. The fraction of sp³-hybridized carbons (Fsp3) is 0.125. The van der Waals surface area contributed by atoms with E-state index < -0.39 is 0 Å². The first-order chi connectivity index (χ1) is 14.9. The summed E-state index contributed by atoms with van der Waals surface area (Å²) in [7, 11) is 0. The summed E-state index contributed by atoms with van der Waals surface area (Å²) in [5, 5.41) is 7.60. The zero-order valence-electron chi connectivity index (χ0n) is 16.9. The van der Waals surface area contributed by atoms with E-state index in [4.69, 9.17) is 23.2 Å². The van der Waals surface area contributed by atoms with Crippen LogP contribution in [0.2, 0.25) is 10.0 Å². The van der Waals surface area contributed by atoms with Crippen molar-refractivity contribution in [2.45, 2.75) is 19.8 Å². The van der Waals surface area contributed by atoms with Gasteiger partial charge in [-0.05, 0) is 41.8 Å². The summed E-state index contributed by atoms with van der Waals surface area (Å²) in [6, 6.07) is 22.8. The number of rotatable bonds is 7. The standard InChI is InChI=1S/C24H21Cl2N3O2/c1-16(17-7-9-19(10-8-17)18-5-3-2-4-6-18)28-29-24(31)14-13-23(30)27-22-12-11-20(25)15-21(22)26/h2-12,15H,13-14H2,1H3,(H,27,30)(H,29,31). The predicted molar refractivity (Wildman–Crippen MR) is 127 cm³/mol. The lowest BCUT2D eigenvalue weighted by Crippen LogP contribution is -2.21. The molecule has 0 atom stereocenters. The Labute approximate surface area is 191 Å². The van der Waals surface area contributed by atoms with Crippen molar-refractivity contribution in [3.8, 4) is 11.1 Å². The topological polar surface area (TPSA) is 70.6 Å². The summed E-state index contributed by atoms with van der Waals surface area (Å²) in [6.07, 6.45) is 0.00585. The maximum atomic E-state index is 12.0. The zero-order valence-corrected chi connectivity index (χ0v) is 18.4. The molecule has 0 spiro atoms. The Morgan fingerprint density at radius 2 is 1.48 bits per heavy atom. The number of hydrazone groups is 1. The monoisotopic (exact) mass is 453 g/mol. The van der Waals surface area contributed by atoms with Crippen LogP contribution < -0.4 is 10.7 Å². The van der Waals surface area contributed by atoms with Crippen LogP contribution in [0.15, 0.2) is 77.9 Å². The van der Waals surface area contributed by atoms with Crippen LogP contribution in [0.5, 0.6) is 0 Å². The van der Waals surface area contributed by atoms with Gasteiger partial charge in [0, 0.05) is 17.9 Å². The summed E-state index contributed by atoms with van der Waals surface area (Å²) in [6.45, 7) is 1.81. The van der Waals surface area contributed by atoms with Gasteiger partial charge in [-0.1, -0.05) is 77.8 Å². The Morgan fingerprint density at radius 3 is 2.16 bits per heavy atom. The molecule has 0 saturated carbocycles. The van der Waals surface area contributed by atoms with Crippen LogP contribution in [0, 0.1) is 0 Å². The van der Waals surface area contributed by atoms with Crippen molar-refractivity contribution in [3.63, 3.8) is 0 Å². The minimum Gasteiger partial charge on any atom is -0.325 e. The van der Waals surface area contributed by atoms with Crippen LogP contribution in [0.25, 0.3) is 11.1 Å². The third-order valence-corrected chi connectivity index (χ3v) is 5.09. The van der Waals surface area contributed by atoms with Crippen LogP contribution in [0.1, 0.15) is 25.3 Å². The SMILES string of the molecule is CC(=NNC(=O)CCC(=O)Nc1ccc(Cl)cc1Cl)c1ccc(-c2ccccc2)cc1. The second-order valence-electron chi connectivity index (χ2n) is 6.85. The Morgan fingerprint density at radius 1 is 0.839 bits per heavy atom. The summed E-state index contributed by atoms with van der Waals surface area (Å²) < 4.78 is 0. The molecule has 5 nitrogen and oxygen atoms in total. The molecule has 0 fully saturated rings. The number of carbonyl (C=O) groups excluding carboxylic acids is 2. The van der Waals surface area contributed by atoms with Crippen LogP contribution >= 0.6 is 23.2 Å². The van der Waals surface area contributed by atoms with Gasteiger partial charge in [-0.15, -0.1) is 0 Å². The van der Waals surface area contributed by atoms with E-state index in [9.17, 15) is 9.59 Å². The lowest BCUT2D eigenvalue weighted by Gasteiger charge is -2.07. The Bertz CT molecular complexity index is 1100. The molecule has 0 aliphatic carbocycles. The summed E-state index contributed by atoms with van der Waals surface area (Å²) in [5.74, 6) is -0.672. The van der Waals surface area contributed by atoms with Crippen LogP contribution in [0.3, 0.4) is 0 Å². The van der Waals surface area contributed by atoms with E-state index in [1.807, 2.05) is 61.5 Å². The fourth-order valence-corrected chi connectivity index (χ4v) is 3.29. The fourth-order valence-electron chi connectivity index (χ4n) is 2.83. The first kappa shape index (κ1) is 22.5. The highest BCUT2D eigenvalue weighted by atomic mass is 35.5. The highest BCUT2D eigenvalue weighted by Crippen LogP contribution is 2.25. The van der Waals surface area contributed by atoms with Gasteiger partial charge in [-0.3, -0.25) is 9.59 Å². The molecule has 0 heterocycles. The Hall–Kier alpha value is -3.15. The maximum absolute atomic E-state index is 12.0. The number of hydrogen-bond acceptors (Lipinski definition) is 3. The Kier molecular flexibility index (Phi) is 7.82. The maximum Gasteiger partial charge on any atom is 0.240 e. The van der Waals surface area contributed by atoms with Gasteiger partial charge in [0.2, 0.25) is 11.8 Å². The molecule has 0 bridgehead atoms. The van der Waals surface area contributed by atoms with Gasteiger partial charge in [0.25, 0.3) is 0 Å². The predicted octanol–water partition coefficient (Wildman–Crippen LogP) is 5.92. The highest BCUT2D eigenvalue weighted by Gasteiger charge is 2.09. The van der Waals surface area contributed by atoms with E-state index in [2.05, 4.69) is 15.8 Å². The second kappa shape index (κ2) is 10.8. The van der Waals surface area contributed by atoms with Gasteiger partial charge < -0.3 is 5.32 Å². The summed E-state index contributed by atoms with van der Waals surface area (Å²) >= 11 is 11.9. The molecule has 3 rings (SSSR count). The number of carbonyl (C=O) groups is 2. The van der Waals surface area contributed by atoms with Crippen LogP contribution in [-0.2, 0) is 9.59 Å². The first-order valence-electron chi connectivity index (χ1n) is 9.66. The lowest BCUT2D eigenvalue weighted by molar-refractivity contribution is -0.124. The molecule has 0 aromatic heterocycles. The normalized spacial score (nSPS) is 11.1. The summed E-state index contributed by atoms with van der Waals surface area (Å²) in [5.41, 5.74) is 6.75. The van der Waals surface area contributed by atoms with E-state index >= 15 is 0 Å². The number of halogens is 2. The van der Waals surface area contributed by atoms with Gasteiger partial charge in [0.15, 0.2) is 0 Å². The van der Waals surface area contributed by atoms with Crippen molar-refractivity contribution in [3.05, 3.63) is 88.4 Å². The number of nitrogens with one attached hydrogen (secondary N) is 2. The molecule has 2 N–H and O–H groups in total. The number of benzene rings is 3. The van der Waals surface area contributed by atoms with Gasteiger partial charge >= 0.3 is 0 Å². The van der Waals surface area contributed by atoms with Crippen LogP contribution in [-0.4, -0.2) is 17.5 Å². The molecule has 0 aliphatic rings. The minimum atomic E-state index is -0.349. The molecule has 7 heteroatoms. The molecule has 3 aromatic rings. The second-order valence-corrected chi connectivity index (χ2v) is 7.69. The minimum absolute atomic E-state index is 0.000761. The van der Waals surface area contributed by atoms with Gasteiger partial charge in [-0.2, -0.15) is 5.10 Å². The third-order valence-electron chi connectivity index (χ3n) is 4.54. The highest BCUT2D eigenvalue weighted by molar-refractivity contribution is 6.36. The lowest BCUT2D eigenvalue weighted by atomic mass is 10.0. The molecular formula is C24H21Cl2N3O2. The van der Waals surface area contributed by atoms with Crippen molar-refractivity contribution >= 4 is 46.4 Å². The van der Waals surface area contributed by atoms with E-state index in [1.165, 1.54) is 6.07 Å². The molecule has 0 saturated heterocycles. The molecular weight excluding hydrogens is 433 g/mol. The number of amides is 2. The molecule has 2 amide bonds. The molecule has 158 valence electrons. The van der Waals surface area contributed by atoms with Crippen molar-refractivity contribution < 1.29 is 9.59 Å². The zero-order chi connectivity index (χ0) is 22.2. The van der Waals surface area contributed by atoms with Crippen LogP contribution in [0.4, 0.5) is 5.69 Å². The first-order valence-corrected chi connectivity index (χ1v) is 10.4. The summed E-state index contributed by atoms with van der Waals surface area (Å²) in [4.78, 5) is 24.1. The van der Waals surface area contributed by atoms with Gasteiger partial charge in [-0.25, -0.2) is 5.43 Å². The average molecular weight is 454 g/mol. The van der Waals surface area contributed by atoms with Gasteiger partial charge in [0.05, 0.1) is 16.4 Å². The van der Waals surface area contributed by atoms with Gasteiger partial charge in [0.1, 0.15) is 0 Å². The molecule has 0 unspecified atom stereocenters. The molecule has 0 radical (unpaired) electrons. The number of anilines is 1. The largest absolute Gasteiger partial charge is 0.325 e. The van der Waals surface area contributed by atoms with Crippen molar-refractivity contribution in [1.29, 1.82) is 0 Å². The van der Waals surface area contributed by atoms with Crippen molar-refractivity contribution in [1.82, 2.24) is 5.43 Å². The van der Waals surface area contributed by atoms with E-state index in [-0.39, 0.29) is 24.7 Å². The smallest absolute Gasteiger partial charge is 0.240 e. The molecule has 0 aliphatic heterocycles. The van der Waals surface area contributed by atoms with E-state index in [0.29, 0.717) is 21.4 Å². The van der Waals surface area contributed by atoms with E-state index in [1.54, 1.807) is 12.1 Å².